The zero-order chi connectivity index (χ0) is 14.9. The van der Waals surface area contributed by atoms with E-state index >= 15 is 0 Å². The van der Waals surface area contributed by atoms with Crippen molar-refractivity contribution in [2.45, 2.75) is 43.9 Å². The summed E-state index contributed by atoms with van der Waals surface area (Å²) in [6.07, 6.45) is 0.962. The van der Waals surface area contributed by atoms with Crippen LogP contribution in [0, 0.1) is 0 Å². The molecule has 0 aromatic carbocycles. The van der Waals surface area contributed by atoms with Gasteiger partial charge in [-0.1, -0.05) is 5.16 Å². The molecule has 7 nitrogen and oxygen atoms in total. The molecule has 19 heavy (non-hydrogen) atoms. The smallest absolute Gasteiger partial charge is 0.217 e. The van der Waals surface area contributed by atoms with Crippen molar-refractivity contribution in [3.63, 3.8) is 0 Å². The fourth-order valence-electron chi connectivity index (χ4n) is 1.92. The van der Waals surface area contributed by atoms with E-state index in [0.717, 1.165) is 0 Å². The Balaban J connectivity index is 3.08. The number of piperidine rings is 1. The molecule has 0 bridgehead atoms. The number of sulfonamides is 1. The molecule has 4 N–H and O–H groups in total. The highest BCUT2D eigenvalue weighted by Crippen LogP contribution is 2.26. The number of nitrogens with one attached hydrogen (secondary N) is 1. The van der Waals surface area contributed by atoms with Crippen LogP contribution in [0.25, 0.3) is 0 Å². The Bertz CT molecular complexity index is 445. The van der Waals surface area contributed by atoms with Gasteiger partial charge in [0.05, 0.1) is 10.3 Å². The maximum Gasteiger partial charge on any atom is 0.217 e. The summed E-state index contributed by atoms with van der Waals surface area (Å²) in [5.41, 5.74) is 4.74. The van der Waals surface area contributed by atoms with Crippen molar-refractivity contribution in [1.82, 2.24) is 9.62 Å². The summed E-state index contributed by atoms with van der Waals surface area (Å²) >= 11 is 0. The molecule has 0 saturated carbocycles. The van der Waals surface area contributed by atoms with Gasteiger partial charge in [0.25, 0.3) is 0 Å². The van der Waals surface area contributed by atoms with Gasteiger partial charge in [-0.25, -0.2) is 13.1 Å². The Labute approximate surface area is 114 Å². The first-order valence-corrected chi connectivity index (χ1v) is 7.72. The molecule has 0 aromatic rings. The zero-order valence-electron chi connectivity index (χ0n) is 12.0. The predicted octanol–water partition coefficient (Wildman–Crippen LogP) is -0.0849. The van der Waals surface area contributed by atoms with Crippen molar-refractivity contribution in [3.8, 4) is 0 Å². The second-order valence-corrected chi connectivity index (χ2v) is 8.52. The fraction of sp³-hybridized carbons (Fsp3) is 0.909. The van der Waals surface area contributed by atoms with Crippen LogP contribution in [0.5, 0.6) is 0 Å². The average Bonchev–Trinajstić information content (AvgIpc) is 2.29. The minimum absolute atomic E-state index is 0.0755. The quantitative estimate of drug-likeness (QED) is 0.292. The Hall–Kier alpha value is -0.860. The topological polar surface area (TPSA) is 108 Å². The molecule has 1 aliphatic heterocycles. The maximum absolute atomic E-state index is 12.3. The number of hydrogen-bond donors (Lipinski definition) is 3. The number of likely N-dealkylation sites (tertiary alicyclic amines) is 1. The molecule has 1 fully saturated rings. The molecular formula is C11H24N4O3S. The number of rotatable bonds is 3. The molecule has 1 saturated heterocycles. The van der Waals surface area contributed by atoms with Crippen molar-refractivity contribution in [3.05, 3.63) is 0 Å². The third-order valence-corrected chi connectivity index (χ3v) is 5.85. The summed E-state index contributed by atoms with van der Waals surface area (Å²) < 4.78 is 26.3. The Kier molecular flexibility index (Phi) is 4.48. The lowest BCUT2D eigenvalue weighted by Crippen LogP contribution is -2.63. The summed E-state index contributed by atoms with van der Waals surface area (Å²) in [4.78, 5) is 2.08. The maximum atomic E-state index is 12.3. The van der Waals surface area contributed by atoms with Gasteiger partial charge in [0.15, 0.2) is 5.84 Å². The highest BCUT2D eigenvalue weighted by Gasteiger charge is 2.44. The van der Waals surface area contributed by atoms with Crippen LogP contribution in [0.3, 0.4) is 0 Å². The van der Waals surface area contributed by atoms with Crippen molar-refractivity contribution in [2.75, 3.05) is 20.1 Å². The minimum Gasteiger partial charge on any atom is -0.409 e. The molecule has 0 aliphatic carbocycles. The number of amidine groups is 1. The van der Waals surface area contributed by atoms with Crippen LogP contribution in [-0.2, 0) is 10.0 Å². The molecule has 1 aliphatic rings. The Morgan fingerprint density at radius 2 is 1.84 bits per heavy atom. The van der Waals surface area contributed by atoms with E-state index in [0.29, 0.717) is 25.9 Å². The monoisotopic (exact) mass is 292 g/mol. The van der Waals surface area contributed by atoms with E-state index in [1.165, 1.54) is 0 Å². The van der Waals surface area contributed by atoms with E-state index in [1.807, 2.05) is 7.05 Å². The van der Waals surface area contributed by atoms with Gasteiger partial charge in [0.2, 0.25) is 10.0 Å². The molecular weight excluding hydrogens is 268 g/mol. The van der Waals surface area contributed by atoms with Crippen LogP contribution in [0.4, 0.5) is 0 Å². The van der Waals surface area contributed by atoms with Crippen molar-refractivity contribution in [1.29, 1.82) is 0 Å². The number of hydrogen-bond acceptors (Lipinski definition) is 5. The number of nitrogens with two attached hydrogens (primary N) is 1. The van der Waals surface area contributed by atoms with Gasteiger partial charge in [-0.2, -0.15) is 0 Å². The molecule has 0 aromatic heterocycles. The van der Waals surface area contributed by atoms with Crippen LogP contribution >= 0.6 is 0 Å². The first-order valence-electron chi connectivity index (χ1n) is 6.24. The van der Waals surface area contributed by atoms with E-state index in [2.05, 4.69) is 14.8 Å². The number of nitrogens with zero attached hydrogens (tertiary/aromatic N) is 2. The highest BCUT2D eigenvalue weighted by molar-refractivity contribution is 7.90. The van der Waals surface area contributed by atoms with Gasteiger partial charge in [0, 0.05) is 13.1 Å². The Morgan fingerprint density at radius 3 is 2.21 bits per heavy atom. The van der Waals surface area contributed by atoms with Gasteiger partial charge >= 0.3 is 0 Å². The highest BCUT2D eigenvalue weighted by atomic mass is 32.2. The standard InChI is InChI=1S/C11H24N4O3S/c1-10(2,3)19(17,18)14-11(9(12)13-16)5-7-15(4)8-6-11/h14,16H,5-8H2,1-4H3,(H2,12,13). The van der Waals surface area contributed by atoms with Crippen LogP contribution in [-0.4, -0.2) is 54.8 Å². The van der Waals surface area contributed by atoms with Crippen LogP contribution in [0.1, 0.15) is 33.6 Å². The molecule has 0 amide bonds. The predicted molar refractivity (Wildman–Crippen MR) is 74.7 cm³/mol. The summed E-state index contributed by atoms with van der Waals surface area (Å²) in [6.45, 7) is 6.21. The summed E-state index contributed by atoms with van der Waals surface area (Å²) in [6, 6.07) is 0. The first kappa shape index (κ1) is 16.2. The third-order valence-electron chi connectivity index (χ3n) is 3.57. The lowest BCUT2D eigenvalue weighted by atomic mass is 9.88. The fourth-order valence-corrected chi connectivity index (χ4v) is 3.05. The normalized spacial score (nSPS) is 22.4. The molecule has 0 spiro atoms. The van der Waals surface area contributed by atoms with Crippen LogP contribution in [0.15, 0.2) is 5.16 Å². The van der Waals surface area contributed by atoms with Crippen LogP contribution < -0.4 is 10.5 Å². The van der Waals surface area contributed by atoms with Crippen molar-refractivity contribution < 1.29 is 13.6 Å². The van der Waals surface area contributed by atoms with E-state index in [4.69, 9.17) is 10.9 Å². The summed E-state index contributed by atoms with van der Waals surface area (Å²) in [7, 11) is -1.62. The minimum atomic E-state index is -3.57. The average molecular weight is 292 g/mol. The SMILES string of the molecule is CN1CCC(NS(=O)(=O)C(C)(C)C)(C(N)=NO)CC1. The van der Waals surface area contributed by atoms with E-state index < -0.39 is 20.3 Å². The first-order chi connectivity index (χ1) is 8.54. The molecule has 0 atom stereocenters. The van der Waals surface area contributed by atoms with E-state index in [-0.39, 0.29) is 5.84 Å². The second-order valence-electron chi connectivity index (χ2n) is 6.09. The van der Waals surface area contributed by atoms with Crippen molar-refractivity contribution in [2.24, 2.45) is 10.9 Å². The molecule has 112 valence electrons. The molecule has 1 heterocycles. The zero-order valence-corrected chi connectivity index (χ0v) is 12.8. The second kappa shape index (κ2) is 5.26. The molecule has 8 heteroatoms. The molecule has 1 rings (SSSR count). The summed E-state index contributed by atoms with van der Waals surface area (Å²) in [5.74, 6) is -0.0755. The Morgan fingerprint density at radius 1 is 1.37 bits per heavy atom. The van der Waals surface area contributed by atoms with Crippen LogP contribution in [0.2, 0.25) is 0 Å². The van der Waals surface area contributed by atoms with E-state index in [9.17, 15) is 8.42 Å². The largest absolute Gasteiger partial charge is 0.409 e. The molecule has 0 radical (unpaired) electrons. The van der Waals surface area contributed by atoms with E-state index in [1.54, 1.807) is 20.8 Å². The van der Waals surface area contributed by atoms with Gasteiger partial charge in [-0.05, 0) is 40.7 Å². The summed E-state index contributed by atoms with van der Waals surface area (Å²) in [5, 5.41) is 12.0. The lowest BCUT2D eigenvalue weighted by molar-refractivity contribution is 0.212. The van der Waals surface area contributed by atoms with Gasteiger partial charge in [0.1, 0.15) is 0 Å². The van der Waals surface area contributed by atoms with Gasteiger partial charge < -0.3 is 15.8 Å². The van der Waals surface area contributed by atoms with Crippen molar-refractivity contribution >= 4 is 15.9 Å². The lowest BCUT2D eigenvalue weighted by Gasteiger charge is -2.41. The molecule has 0 unspecified atom stereocenters. The number of oxime groups is 1. The van der Waals surface area contributed by atoms with Gasteiger partial charge in [-0.15, -0.1) is 0 Å². The van der Waals surface area contributed by atoms with Gasteiger partial charge in [-0.3, -0.25) is 0 Å². The third kappa shape index (κ3) is 3.37.